The maximum atomic E-state index is 14.1. The number of carbonyl (C=O) groups is 4. The molecule has 12 nitrogen and oxygen atoms in total. The lowest BCUT2D eigenvalue weighted by molar-refractivity contribution is -0.125. The van der Waals surface area contributed by atoms with Gasteiger partial charge in [0.2, 0.25) is 0 Å². The monoisotopic (exact) mass is 788 g/mol. The summed E-state index contributed by atoms with van der Waals surface area (Å²) in [5.74, 6) is -3.21. The molecule has 6 aromatic rings. The number of halogens is 2. The van der Waals surface area contributed by atoms with E-state index < -0.39 is 48.0 Å². The van der Waals surface area contributed by atoms with Crippen LogP contribution >= 0.6 is 0 Å². The first-order valence-corrected chi connectivity index (χ1v) is 18.6. The SMILES string of the molecule is CC(C)[C@@H](c1ccc(-c2ccc3cccc(F)c3c2)[nH]c1=O)[C@@H]1OC(=O)NC1=O.CC(C)[C@@H](c1ccc(-c2ccc3cccc(F)c3c2)[nH]c1=O)[C@H]1OC(=O)NC1=O. The maximum absolute atomic E-state index is 14.1. The number of aromatic amines is 2. The number of hydrogen-bond acceptors (Lipinski definition) is 8. The largest absolute Gasteiger partial charge is 0.435 e. The molecule has 2 aliphatic heterocycles. The number of fused-ring (bicyclic) bond motifs is 2. The summed E-state index contributed by atoms with van der Waals surface area (Å²) < 4.78 is 38.4. The molecule has 0 aliphatic carbocycles. The summed E-state index contributed by atoms with van der Waals surface area (Å²) in [5, 5.41) is 6.66. The van der Waals surface area contributed by atoms with Gasteiger partial charge in [-0.1, -0.05) is 88.4 Å². The summed E-state index contributed by atoms with van der Waals surface area (Å²) in [7, 11) is 0. The first-order chi connectivity index (χ1) is 27.7. The van der Waals surface area contributed by atoms with Gasteiger partial charge < -0.3 is 19.4 Å². The number of amides is 4. The minimum Gasteiger partial charge on any atom is -0.435 e. The molecule has 14 heteroatoms. The number of imide groups is 2. The van der Waals surface area contributed by atoms with E-state index >= 15 is 0 Å². The number of hydrogen-bond donors (Lipinski definition) is 4. The maximum Gasteiger partial charge on any atom is 0.414 e. The highest BCUT2D eigenvalue weighted by atomic mass is 19.1. The molecule has 0 radical (unpaired) electrons. The molecule has 0 bridgehead atoms. The Kier molecular flexibility index (Phi) is 10.8. The van der Waals surface area contributed by atoms with Crippen LogP contribution in [-0.4, -0.2) is 46.2 Å². The average Bonchev–Trinajstić information content (AvgIpc) is 3.70. The van der Waals surface area contributed by atoms with Crippen LogP contribution in [0.1, 0.15) is 50.7 Å². The molecule has 4 atom stereocenters. The molecule has 0 spiro atoms. The number of alkyl carbamates (subject to hydrolysis) is 2. The van der Waals surface area contributed by atoms with E-state index in [-0.39, 0.29) is 34.6 Å². The van der Waals surface area contributed by atoms with Crippen molar-refractivity contribution in [2.75, 3.05) is 0 Å². The van der Waals surface area contributed by atoms with Crippen LogP contribution in [0.5, 0.6) is 0 Å². The molecule has 2 saturated heterocycles. The van der Waals surface area contributed by atoms with E-state index in [1.807, 2.05) is 39.8 Å². The van der Waals surface area contributed by atoms with Crippen LogP contribution in [0.2, 0.25) is 0 Å². The molecule has 2 fully saturated rings. The summed E-state index contributed by atoms with van der Waals surface area (Å²) >= 11 is 0. The van der Waals surface area contributed by atoms with Crippen LogP contribution < -0.4 is 21.8 Å². The third kappa shape index (κ3) is 7.73. The molecule has 0 unspecified atom stereocenters. The van der Waals surface area contributed by atoms with Gasteiger partial charge in [-0.2, -0.15) is 0 Å². The minimum atomic E-state index is -1.05. The minimum absolute atomic E-state index is 0.127. The fourth-order valence-electron chi connectivity index (χ4n) is 7.59. The van der Waals surface area contributed by atoms with Gasteiger partial charge >= 0.3 is 12.2 Å². The van der Waals surface area contributed by atoms with Crippen molar-refractivity contribution in [3.8, 4) is 22.5 Å². The van der Waals surface area contributed by atoms with E-state index in [1.54, 1.807) is 72.8 Å². The van der Waals surface area contributed by atoms with Gasteiger partial charge in [-0.3, -0.25) is 29.8 Å². The number of pyridine rings is 2. The number of aromatic nitrogens is 2. The topological polar surface area (TPSA) is 177 Å². The quantitative estimate of drug-likeness (QED) is 0.123. The number of ether oxygens (including phenoxy) is 2. The van der Waals surface area contributed by atoms with Crippen molar-refractivity contribution in [3.05, 3.63) is 141 Å². The second-order valence-corrected chi connectivity index (χ2v) is 14.8. The summed E-state index contributed by atoms with van der Waals surface area (Å²) in [6.07, 6.45) is -3.72. The van der Waals surface area contributed by atoms with Crippen molar-refractivity contribution in [2.24, 2.45) is 11.8 Å². The highest BCUT2D eigenvalue weighted by Gasteiger charge is 2.43. The van der Waals surface area contributed by atoms with Crippen molar-refractivity contribution in [1.29, 1.82) is 0 Å². The smallest absolute Gasteiger partial charge is 0.414 e. The number of benzene rings is 4. The van der Waals surface area contributed by atoms with Crippen LogP contribution in [0.15, 0.2) is 107 Å². The normalized spacial score (nSPS) is 17.4. The average molecular weight is 789 g/mol. The van der Waals surface area contributed by atoms with Crippen LogP contribution in [0, 0.1) is 23.5 Å². The van der Waals surface area contributed by atoms with Gasteiger partial charge in [-0.25, -0.2) is 18.4 Å². The number of carbonyl (C=O) groups excluding carboxylic acids is 4. The van der Waals surface area contributed by atoms with E-state index in [0.29, 0.717) is 44.4 Å². The zero-order chi connectivity index (χ0) is 41.4. The Labute approximate surface area is 329 Å². The Morgan fingerprint density at radius 3 is 1.24 bits per heavy atom. The molecule has 4 heterocycles. The van der Waals surface area contributed by atoms with Crippen molar-refractivity contribution in [1.82, 2.24) is 20.6 Å². The van der Waals surface area contributed by atoms with E-state index in [4.69, 9.17) is 9.47 Å². The molecule has 8 rings (SSSR count). The lowest BCUT2D eigenvalue weighted by Gasteiger charge is -2.24. The van der Waals surface area contributed by atoms with E-state index in [0.717, 1.165) is 10.8 Å². The Morgan fingerprint density at radius 1 is 0.517 bits per heavy atom. The fourth-order valence-corrected chi connectivity index (χ4v) is 7.59. The molecule has 4 N–H and O–H groups in total. The van der Waals surface area contributed by atoms with Gasteiger partial charge in [0.1, 0.15) is 11.6 Å². The van der Waals surface area contributed by atoms with Gasteiger partial charge in [0.05, 0.1) is 0 Å². The van der Waals surface area contributed by atoms with Gasteiger partial charge in [0.15, 0.2) is 12.2 Å². The molecule has 0 saturated carbocycles. The molecule has 296 valence electrons. The third-order valence-electron chi connectivity index (χ3n) is 10.4. The van der Waals surface area contributed by atoms with Crippen molar-refractivity contribution in [3.63, 3.8) is 0 Å². The summed E-state index contributed by atoms with van der Waals surface area (Å²) in [6, 6.07) is 26.9. The molecular weight excluding hydrogens is 751 g/mol. The van der Waals surface area contributed by atoms with Crippen LogP contribution in [0.25, 0.3) is 44.1 Å². The second kappa shape index (κ2) is 15.9. The summed E-state index contributed by atoms with van der Waals surface area (Å²) in [4.78, 5) is 78.2. The van der Waals surface area contributed by atoms with E-state index in [9.17, 15) is 37.5 Å². The Morgan fingerprint density at radius 2 is 0.914 bits per heavy atom. The van der Waals surface area contributed by atoms with Crippen LogP contribution in [-0.2, 0) is 19.1 Å². The predicted octanol–water partition coefficient (Wildman–Crippen LogP) is 7.42. The summed E-state index contributed by atoms with van der Waals surface area (Å²) in [6.45, 7) is 7.40. The second-order valence-electron chi connectivity index (χ2n) is 14.8. The highest BCUT2D eigenvalue weighted by molar-refractivity contribution is 6.01. The number of rotatable bonds is 8. The molecule has 4 amide bonds. The van der Waals surface area contributed by atoms with Gasteiger partial charge in [0.25, 0.3) is 22.9 Å². The van der Waals surface area contributed by atoms with Crippen LogP contribution in [0.3, 0.4) is 0 Å². The first-order valence-electron chi connectivity index (χ1n) is 18.6. The van der Waals surface area contributed by atoms with Crippen molar-refractivity contribution >= 4 is 45.5 Å². The Hall–Kier alpha value is -6.96. The van der Waals surface area contributed by atoms with Gasteiger partial charge in [-0.05, 0) is 70.1 Å². The Balaban J connectivity index is 0.000000177. The first kappa shape index (κ1) is 39.3. The number of cyclic esters (lactones) is 2. The third-order valence-corrected chi connectivity index (χ3v) is 10.4. The summed E-state index contributed by atoms with van der Waals surface area (Å²) in [5.41, 5.74) is 2.32. The molecular formula is C44H38F2N4O8. The lowest BCUT2D eigenvalue weighted by atomic mass is 9.84. The van der Waals surface area contributed by atoms with Gasteiger partial charge in [0, 0.05) is 45.1 Å². The zero-order valence-corrected chi connectivity index (χ0v) is 31.7. The van der Waals surface area contributed by atoms with E-state index in [2.05, 4.69) is 20.6 Å². The standard InChI is InChI=1S/2C22H19FN2O4/c2*1-11(2)18(19-21(27)25-22(28)29-19)14-8-9-17(24-20(14)26)13-7-6-12-4-3-5-16(23)15(12)10-13/h2*3-11,18-19H,1-2H3,(H,24,26)(H,25,27,28)/t18-,19+;18-,19-/m00/s1. The number of H-pyrrole nitrogens is 2. The van der Waals surface area contributed by atoms with Crippen molar-refractivity contribution < 1.29 is 37.4 Å². The predicted molar refractivity (Wildman–Crippen MR) is 212 cm³/mol. The highest BCUT2D eigenvalue weighted by Crippen LogP contribution is 2.33. The Bertz CT molecular complexity index is 2560. The lowest BCUT2D eigenvalue weighted by Crippen LogP contribution is -2.35. The molecule has 2 aromatic heterocycles. The van der Waals surface area contributed by atoms with Gasteiger partial charge in [-0.15, -0.1) is 0 Å². The van der Waals surface area contributed by atoms with Crippen molar-refractivity contribution in [2.45, 2.75) is 51.7 Å². The van der Waals surface area contributed by atoms with E-state index in [1.165, 1.54) is 12.1 Å². The number of nitrogens with one attached hydrogen (secondary N) is 4. The molecule has 58 heavy (non-hydrogen) atoms. The van der Waals surface area contributed by atoms with Crippen LogP contribution in [0.4, 0.5) is 18.4 Å². The molecule has 2 aliphatic rings. The zero-order valence-electron chi connectivity index (χ0n) is 31.7. The fraction of sp³-hybridized carbons (Fsp3) is 0.227. The molecule has 4 aromatic carbocycles.